The van der Waals surface area contributed by atoms with Crippen LogP contribution in [-0.2, 0) is 13.6 Å². The predicted octanol–water partition coefficient (Wildman–Crippen LogP) is 3.16. The second-order valence-electron chi connectivity index (χ2n) is 6.02. The van der Waals surface area contributed by atoms with Crippen LogP contribution in [-0.4, -0.2) is 20.3 Å². The van der Waals surface area contributed by atoms with E-state index in [1.54, 1.807) is 16.4 Å². The van der Waals surface area contributed by atoms with E-state index in [1.807, 2.05) is 25.6 Å². The fourth-order valence-electron chi connectivity index (χ4n) is 1.75. The molecule has 2 aromatic heterocycles. The van der Waals surface area contributed by atoms with Crippen molar-refractivity contribution < 1.29 is 0 Å². The van der Waals surface area contributed by atoms with E-state index < -0.39 is 0 Å². The number of hydrogen-bond donors (Lipinski definition) is 1. The molecule has 4 nitrogen and oxygen atoms in total. The number of hydrogen-bond acceptors (Lipinski definition) is 4. The van der Waals surface area contributed by atoms with Gasteiger partial charge in [-0.05, 0) is 38.8 Å². The minimum atomic E-state index is 0.122. The molecule has 0 radical (unpaired) electrons. The van der Waals surface area contributed by atoms with E-state index in [-0.39, 0.29) is 5.54 Å². The number of nitrogens with one attached hydrogen (secondary N) is 1. The lowest BCUT2D eigenvalue weighted by atomic mass is 10.1. The Bertz CT molecular complexity index is 584. The second kappa shape index (κ2) is 5.97. The molecule has 0 fully saturated rings. The Kier molecular flexibility index (Phi) is 4.50. The fraction of sp³-hybridized carbons (Fsp3) is 0.467. The molecular formula is C15H22N4S. The molecule has 0 aliphatic heterocycles. The van der Waals surface area contributed by atoms with Gasteiger partial charge in [-0.25, -0.2) is 4.98 Å². The average molecular weight is 290 g/mol. The van der Waals surface area contributed by atoms with Crippen LogP contribution < -0.4 is 5.32 Å². The Hall–Kier alpha value is -1.33. The molecule has 0 unspecified atom stereocenters. The smallest absolute Gasteiger partial charge is 0.104 e. The number of aryl methyl sites for hydroxylation is 2. The van der Waals surface area contributed by atoms with Crippen molar-refractivity contribution in [3.8, 4) is 0 Å². The highest BCUT2D eigenvalue weighted by Gasteiger charge is 2.10. The van der Waals surface area contributed by atoms with E-state index in [2.05, 4.69) is 49.2 Å². The van der Waals surface area contributed by atoms with Gasteiger partial charge < -0.3 is 5.32 Å². The predicted molar refractivity (Wildman–Crippen MR) is 82.9 cm³/mol. The van der Waals surface area contributed by atoms with Gasteiger partial charge in [0.15, 0.2) is 0 Å². The average Bonchev–Trinajstić information content (AvgIpc) is 2.74. The third-order valence-corrected chi connectivity index (χ3v) is 3.87. The molecule has 5 heteroatoms. The largest absolute Gasteiger partial charge is 0.308 e. The highest BCUT2D eigenvalue weighted by molar-refractivity contribution is 7.99. The zero-order valence-electron chi connectivity index (χ0n) is 12.8. The Balaban J connectivity index is 2.06. The van der Waals surface area contributed by atoms with Crippen LogP contribution in [0.4, 0.5) is 0 Å². The maximum Gasteiger partial charge on any atom is 0.104 e. The molecule has 0 aromatic carbocycles. The molecule has 1 N–H and O–H groups in total. The Labute approximate surface area is 125 Å². The molecule has 0 atom stereocenters. The molecule has 0 saturated heterocycles. The summed E-state index contributed by atoms with van der Waals surface area (Å²) in [6, 6.07) is 2.20. The van der Waals surface area contributed by atoms with Gasteiger partial charge in [-0.2, -0.15) is 5.10 Å². The van der Waals surface area contributed by atoms with Crippen LogP contribution in [0.15, 0.2) is 34.6 Å². The van der Waals surface area contributed by atoms with Gasteiger partial charge in [-0.15, -0.1) is 0 Å². The molecule has 108 valence electrons. The summed E-state index contributed by atoms with van der Waals surface area (Å²) in [5.41, 5.74) is 2.54. The van der Waals surface area contributed by atoms with E-state index in [0.717, 1.165) is 16.5 Å². The third-order valence-electron chi connectivity index (χ3n) is 2.81. The first-order valence-electron chi connectivity index (χ1n) is 6.70. The van der Waals surface area contributed by atoms with Gasteiger partial charge in [-0.3, -0.25) is 4.68 Å². The van der Waals surface area contributed by atoms with Crippen LogP contribution in [0.1, 0.15) is 31.9 Å². The molecule has 0 saturated carbocycles. The number of aromatic nitrogens is 3. The molecule has 0 bridgehead atoms. The third kappa shape index (κ3) is 4.35. The van der Waals surface area contributed by atoms with Gasteiger partial charge in [0.25, 0.3) is 0 Å². The zero-order chi connectivity index (χ0) is 14.8. The second-order valence-corrected chi connectivity index (χ2v) is 7.08. The summed E-state index contributed by atoms with van der Waals surface area (Å²) in [6.07, 6.45) is 5.81. The molecule has 0 aliphatic carbocycles. The summed E-state index contributed by atoms with van der Waals surface area (Å²) in [5, 5.41) is 8.69. The highest BCUT2D eigenvalue weighted by atomic mass is 32.2. The first-order valence-corrected chi connectivity index (χ1v) is 7.52. The van der Waals surface area contributed by atoms with Gasteiger partial charge in [-0.1, -0.05) is 17.8 Å². The molecule has 20 heavy (non-hydrogen) atoms. The van der Waals surface area contributed by atoms with Crippen molar-refractivity contribution in [2.75, 3.05) is 0 Å². The molecule has 2 heterocycles. The maximum atomic E-state index is 4.57. The normalized spacial score (nSPS) is 11.8. The van der Waals surface area contributed by atoms with E-state index in [4.69, 9.17) is 0 Å². The van der Waals surface area contributed by atoms with Crippen molar-refractivity contribution >= 4 is 11.8 Å². The van der Waals surface area contributed by atoms with Crippen LogP contribution in [0.2, 0.25) is 0 Å². The minimum Gasteiger partial charge on any atom is -0.308 e. The van der Waals surface area contributed by atoms with Crippen LogP contribution in [0, 0.1) is 6.92 Å². The first kappa shape index (κ1) is 15.1. The molecular weight excluding hydrogens is 268 g/mol. The zero-order valence-corrected chi connectivity index (χ0v) is 13.6. The minimum absolute atomic E-state index is 0.122. The Morgan fingerprint density at radius 3 is 2.60 bits per heavy atom. The number of pyridine rings is 1. The van der Waals surface area contributed by atoms with Crippen LogP contribution >= 0.6 is 11.8 Å². The summed E-state index contributed by atoms with van der Waals surface area (Å²) in [5.74, 6) is 0. The lowest BCUT2D eigenvalue weighted by molar-refractivity contribution is 0.424. The van der Waals surface area contributed by atoms with Crippen molar-refractivity contribution in [1.82, 2.24) is 20.1 Å². The number of rotatable bonds is 4. The van der Waals surface area contributed by atoms with E-state index in [1.165, 1.54) is 11.1 Å². The first-order chi connectivity index (χ1) is 9.33. The maximum absolute atomic E-state index is 4.57. The molecule has 0 aliphatic rings. The Morgan fingerprint density at radius 1 is 1.30 bits per heavy atom. The quantitative estimate of drug-likeness (QED) is 0.939. The lowest BCUT2D eigenvalue weighted by Crippen LogP contribution is -2.35. The topological polar surface area (TPSA) is 42.7 Å². The van der Waals surface area contributed by atoms with Gasteiger partial charge in [0.05, 0.1) is 11.1 Å². The standard InChI is InChI=1S/C15H22N4S/c1-11-6-12(8-17-15(2,3)4)7-16-14(11)20-13-9-18-19(5)10-13/h6-7,9-10,17H,8H2,1-5H3. The van der Waals surface area contributed by atoms with Crippen molar-refractivity contribution in [3.05, 3.63) is 35.8 Å². The van der Waals surface area contributed by atoms with Crippen molar-refractivity contribution in [3.63, 3.8) is 0 Å². The van der Waals surface area contributed by atoms with Crippen LogP contribution in [0.3, 0.4) is 0 Å². The van der Waals surface area contributed by atoms with Crippen LogP contribution in [0.25, 0.3) is 0 Å². The summed E-state index contributed by atoms with van der Waals surface area (Å²) >= 11 is 1.65. The Morgan fingerprint density at radius 2 is 2.05 bits per heavy atom. The lowest BCUT2D eigenvalue weighted by Gasteiger charge is -2.20. The van der Waals surface area contributed by atoms with Gasteiger partial charge in [0.2, 0.25) is 0 Å². The molecule has 0 amide bonds. The molecule has 2 aromatic rings. The number of nitrogens with zero attached hydrogens (tertiary/aromatic N) is 3. The van der Waals surface area contributed by atoms with Crippen molar-refractivity contribution in [2.24, 2.45) is 7.05 Å². The molecule has 0 spiro atoms. The van der Waals surface area contributed by atoms with Crippen molar-refractivity contribution in [2.45, 2.75) is 49.7 Å². The highest BCUT2D eigenvalue weighted by Crippen LogP contribution is 2.28. The monoisotopic (exact) mass is 290 g/mol. The van der Waals surface area contributed by atoms with E-state index in [9.17, 15) is 0 Å². The summed E-state index contributed by atoms with van der Waals surface area (Å²) < 4.78 is 1.80. The van der Waals surface area contributed by atoms with Gasteiger partial charge in [0, 0.05) is 31.5 Å². The van der Waals surface area contributed by atoms with Gasteiger partial charge >= 0.3 is 0 Å². The fourth-order valence-corrected chi connectivity index (χ4v) is 2.61. The summed E-state index contributed by atoms with van der Waals surface area (Å²) in [6.45, 7) is 9.45. The van der Waals surface area contributed by atoms with E-state index in [0.29, 0.717) is 0 Å². The van der Waals surface area contributed by atoms with Crippen molar-refractivity contribution in [1.29, 1.82) is 0 Å². The van der Waals surface area contributed by atoms with Crippen LogP contribution in [0.5, 0.6) is 0 Å². The molecule has 2 rings (SSSR count). The van der Waals surface area contributed by atoms with Gasteiger partial charge in [0.1, 0.15) is 5.03 Å². The van der Waals surface area contributed by atoms with E-state index >= 15 is 0 Å². The summed E-state index contributed by atoms with van der Waals surface area (Å²) in [7, 11) is 1.92. The SMILES string of the molecule is Cc1cc(CNC(C)(C)C)cnc1Sc1cnn(C)c1. The summed E-state index contributed by atoms with van der Waals surface area (Å²) in [4.78, 5) is 5.68.